The van der Waals surface area contributed by atoms with Crippen molar-refractivity contribution in [2.24, 2.45) is 0 Å². The van der Waals surface area contributed by atoms with Gasteiger partial charge in [-0.15, -0.1) is 0 Å². The second-order valence-corrected chi connectivity index (χ2v) is 6.42. The van der Waals surface area contributed by atoms with Gasteiger partial charge in [-0.05, 0) is 25.5 Å². The Labute approximate surface area is 76.8 Å². The molecule has 0 bridgehead atoms. The maximum Gasteiger partial charge on any atom is 0.335 e. The van der Waals surface area contributed by atoms with E-state index >= 15 is 0 Å². The smallest absolute Gasteiger partial charge is 0.335 e. The van der Waals surface area contributed by atoms with Gasteiger partial charge in [0.1, 0.15) is 7.14 Å². The van der Waals surface area contributed by atoms with E-state index in [9.17, 15) is 9.36 Å². The fourth-order valence-electron chi connectivity index (χ4n) is 0.974. The molecule has 0 aliphatic carbocycles. The molecule has 13 heavy (non-hydrogen) atoms. The first-order chi connectivity index (χ1) is 5.91. The van der Waals surface area contributed by atoms with Gasteiger partial charge in [0, 0.05) is 5.30 Å². The third-order valence-corrected chi connectivity index (χ3v) is 3.24. The van der Waals surface area contributed by atoms with Gasteiger partial charge < -0.3 is 9.67 Å². The Bertz CT molecular complexity index is 378. The summed E-state index contributed by atoms with van der Waals surface area (Å²) in [6.07, 6.45) is 0. The van der Waals surface area contributed by atoms with Crippen molar-refractivity contribution in [1.29, 1.82) is 0 Å². The molecule has 0 heterocycles. The zero-order chi connectivity index (χ0) is 10.1. The first kappa shape index (κ1) is 10.0. The van der Waals surface area contributed by atoms with E-state index < -0.39 is 13.1 Å². The molecule has 0 aromatic heterocycles. The van der Waals surface area contributed by atoms with E-state index in [-0.39, 0.29) is 5.56 Å². The fraction of sp³-hybridized carbons (Fsp3) is 0.222. The summed E-state index contributed by atoms with van der Waals surface area (Å²) in [4.78, 5) is 10.6. The van der Waals surface area contributed by atoms with Crippen molar-refractivity contribution in [2.45, 2.75) is 0 Å². The lowest BCUT2D eigenvalue weighted by Gasteiger charge is -2.06. The Morgan fingerprint density at radius 3 is 2.46 bits per heavy atom. The molecule has 0 saturated heterocycles. The molecule has 0 spiro atoms. The molecule has 1 rings (SSSR count). The van der Waals surface area contributed by atoms with Gasteiger partial charge in [0.2, 0.25) is 0 Å². The predicted octanol–water partition coefficient (Wildman–Crippen LogP) is 1.63. The Morgan fingerprint density at radius 1 is 1.38 bits per heavy atom. The minimum absolute atomic E-state index is 0.182. The standard InChI is InChI=1S/C9H11O3P/c1-13(2,12)8-5-3-4-7(6-8)9(10)11/h3-6H,1-2H3,(H,10,11). The van der Waals surface area contributed by atoms with Gasteiger partial charge in [0.25, 0.3) is 0 Å². The number of rotatable bonds is 2. The minimum Gasteiger partial charge on any atom is -0.478 e. The van der Waals surface area contributed by atoms with Gasteiger partial charge in [0.15, 0.2) is 0 Å². The highest BCUT2D eigenvalue weighted by Gasteiger charge is 2.12. The molecule has 4 heteroatoms. The van der Waals surface area contributed by atoms with Crippen LogP contribution in [-0.2, 0) is 4.57 Å². The molecule has 1 aromatic rings. The highest BCUT2D eigenvalue weighted by molar-refractivity contribution is 7.70. The van der Waals surface area contributed by atoms with Crippen LogP contribution in [0.15, 0.2) is 24.3 Å². The van der Waals surface area contributed by atoms with Crippen molar-refractivity contribution in [3.8, 4) is 0 Å². The van der Waals surface area contributed by atoms with Crippen LogP contribution in [0.4, 0.5) is 0 Å². The lowest BCUT2D eigenvalue weighted by Crippen LogP contribution is -2.06. The zero-order valence-electron chi connectivity index (χ0n) is 7.52. The maximum atomic E-state index is 11.6. The van der Waals surface area contributed by atoms with Crippen molar-refractivity contribution in [3.05, 3.63) is 29.8 Å². The third kappa shape index (κ3) is 2.43. The summed E-state index contributed by atoms with van der Waals surface area (Å²) in [7, 11) is -2.35. The largest absolute Gasteiger partial charge is 0.478 e. The van der Waals surface area contributed by atoms with E-state index in [1.165, 1.54) is 12.1 Å². The number of hydrogen-bond acceptors (Lipinski definition) is 2. The van der Waals surface area contributed by atoms with E-state index in [1.807, 2.05) is 0 Å². The molecule has 0 fully saturated rings. The highest BCUT2D eigenvalue weighted by atomic mass is 31.2. The molecule has 0 atom stereocenters. The van der Waals surface area contributed by atoms with Crippen LogP contribution in [0, 0.1) is 0 Å². The lowest BCUT2D eigenvalue weighted by atomic mass is 10.2. The van der Waals surface area contributed by atoms with Gasteiger partial charge in [-0.3, -0.25) is 0 Å². The van der Waals surface area contributed by atoms with Crippen LogP contribution >= 0.6 is 7.14 Å². The predicted molar refractivity (Wildman–Crippen MR) is 52.5 cm³/mol. The highest BCUT2D eigenvalue weighted by Crippen LogP contribution is 2.34. The minimum atomic E-state index is -2.35. The zero-order valence-corrected chi connectivity index (χ0v) is 8.41. The normalized spacial score (nSPS) is 11.2. The molecule has 0 amide bonds. The Kier molecular flexibility index (Phi) is 2.58. The first-order valence-corrected chi connectivity index (χ1v) is 6.40. The van der Waals surface area contributed by atoms with Gasteiger partial charge in [-0.1, -0.05) is 12.1 Å². The number of carboxylic acids is 1. The first-order valence-electron chi connectivity index (χ1n) is 3.80. The summed E-state index contributed by atoms with van der Waals surface area (Å²) >= 11 is 0. The average Bonchev–Trinajstić information content (AvgIpc) is 2.03. The molecule has 3 nitrogen and oxygen atoms in total. The summed E-state index contributed by atoms with van der Waals surface area (Å²) < 4.78 is 11.6. The van der Waals surface area contributed by atoms with Crippen LogP contribution in [0.1, 0.15) is 10.4 Å². The van der Waals surface area contributed by atoms with Crippen LogP contribution < -0.4 is 5.30 Å². The van der Waals surface area contributed by atoms with Crippen LogP contribution in [0.25, 0.3) is 0 Å². The van der Waals surface area contributed by atoms with Crippen LogP contribution in [0.2, 0.25) is 0 Å². The topological polar surface area (TPSA) is 54.4 Å². The molecule has 70 valence electrons. The van der Waals surface area contributed by atoms with Crippen molar-refractivity contribution in [2.75, 3.05) is 13.3 Å². The molecule has 1 N–H and O–H groups in total. The van der Waals surface area contributed by atoms with Crippen LogP contribution in [-0.4, -0.2) is 24.4 Å². The van der Waals surface area contributed by atoms with E-state index in [0.29, 0.717) is 5.30 Å². The van der Waals surface area contributed by atoms with E-state index in [0.717, 1.165) is 0 Å². The van der Waals surface area contributed by atoms with E-state index in [4.69, 9.17) is 5.11 Å². The van der Waals surface area contributed by atoms with Crippen molar-refractivity contribution in [1.82, 2.24) is 0 Å². The molecule has 1 aromatic carbocycles. The summed E-state index contributed by atoms with van der Waals surface area (Å²) in [5.41, 5.74) is 0.182. The number of carboxylic acid groups (broad SMARTS) is 1. The third-order valence-electron chi connectivity index (χ3n) is 1.71. The second-order valence-electron chi connectivity index (χ2n) is 3.21. The maximum absolute atomic E-state index is 11.6. The van der Waals surface area contributed by atoms with Crippen molar-refractivity contribution >= 4 is 18.4 Å². The summed E-state index contributed by atoms with van der Waals surface area (Å²) in [5.74, 6) is -0.990. The van der Waals surface area contributed by atoms with Gasteiger partial charge in [-0.2, -0.15) is 0 Å². The molecular weight excluding hydrogens is 187 g/mol. The van der Waals surface area contributed by atoms with Crippen molar-refractivity contribution < 1.29 is 14.5 Å². The molecular formula is C9H11O3P. The SMILES string of the molecule is CP(C)(=O)c1cccc(C(=O)O)c1. The van der Waals surface area contributed by atoms with Crippen LogP contribution in [0.3, 0.4) is 0 Å². The Morgan fingerprint density at radius 2 is 2.00 bits per heavy atom. The number of carbonyl (C=O) groups is 1. The monoisotopic (exact) mass is 198 g/mol. The summed E-state index contributed by atoms with van der Waals surface area (Å²) in [6, 6.07) is 6.25. The quantitative estimate of drug-likeness (QED) is 0.735. The van der Waals surface area contributed by atoms with Gasteiger partial charge in [-0.25, -0.2) is 4.79 Å². The Balaban J connectivity index is 3.21. The van der Waals surface area contributed by atoms with Gasteiger partial charge >= 0.3 is 5.97 Å². The number of aromatic carboxylic acids is 1. The molecule has 0 unspecified atom stereocenters. The van der Waals surface area contributed by atoms with Gasteiger partial charge in [0.05, 0.1) is 5.56 Å². The average molecular weight is 198 g/mol. The van der Waals surface area contributed by atoms with E-state index in [2.05, 4.69) is 0 Å². The number of benzene rings is 1. The molecule has 0 aliphatic rings. The fourth-order valence-corrected chi connectivity index (χ4v) is 1.87. The second kappa shape index (κ2) is 3.35. The van der Waals surface area contributed by atoms with Crippen molar-refractivity contribution in [3.63, 3.8) is 0 Å². The molecule has 0 saturated carbocycles. The Hall–Kier alpha value is -1.08. The van der Waals surface area contributed by atoms with E-state index in [1.54, 1.807) is 25.5 Å². The molecule has 0 radical (unpaired) electrons. The summed E-state index contributed by atoms with van der Waals surface area (Å²) in [6.45, 7) is 3.24. The lowest BCUT2D eigenvalue weighted by molar-refractivity contribution is 0.0697. The summed E-state index contributed by atoms with van der Waals surface area (Å²) in [5, 5.41) is 9.29. The van der Waals surface area contributed by atoms with Crippen LogP contribution in [0.5, 0.6) is 0 Å². The molecule has 0 aliphatic heterocycles. The number of hydrogen-bond donors (Lipinski definition) is 1.